The van der Waals surface area contributed by atoms with Gasteiger partial charge in [-0.1, -0.05) is 6.92 Å². The zero-order valence-corrected chi connectivity index (χ0v) is 16.9. The fraction of sp³-hybridized carbons (Fsp3) is 0.722. The van der Waals surface area contributed by atoms with E-state index in [2.05, 4.69) is 29.0 Å². The van der Waals surface area contributed by atoms with E-state index in [9.17, 15) is 13.2 Å². The van der Waals surface area contributed by atoms with Crippen molar-refractivity contribution in [3.05, 3.63) is 18.0 Å². The number of likely N-dealkylation sites (tertiary alicyclic amines) is 1. The van der Waals surface area contributed by atoms with Crippen molar-refractivity contribution in [3.63, 3.8) is 0 Å². The average molecular weight is 399 g/mol. The van der Waals surface area contributed by atoms with E-state index in [1.807, 2.05) is 0 Å². The van der Waals surface area contributed by atoms with E-state index in [1.54, 1.807) is 0 Å². The summed E-state index contributed by atoms with van der Waals surface area (Å²) in [6.45, 7) is 8.48. The highest BCUT2D eigenvalue weighted by atomic mass is 32.2. The minimum absolute atomic E-state index is 0.118. The summed E-state index contributed by atoms with van der Waals surface area (Å²) >= 11 is 0. The molecule has 2 aliphatic heterocycles. The highest BCUT2D eigenvalue weighted by Gasteiger charge is 2.28. The van der Waals surface area contributed by atoms with Crippen molar-refractivity contribution in [2.45, 2.75) is 37.6 Å². The number of hydrogen-bond donors (Lipinski definition) is 2. The van der Waals surface area contributed by atoms with E-state index < -0.39 is 10.0 Å². The molecule has 0 radical (unpaired) electrons. The molecule has 2 aliphatic rings. The molecule has 27 heavy (non-hydrogen) atoms. The van der Waals surface area contributed by atoms with Crippen LogP contribution < -0.4 is 5.32 Å². The van der Waals surface area contributed by atoms with Crippen LogP contribution >= 0.6 is 0 Å². The number of ether oxygens (including phenoxy) is 1. The number of aromatic nitrogens is 1. The van der Waals surface area contributed by atoms with Gasteiger partial charge in [-0.2, -0.15) is 4.31 Å². The number of H-pyrrole nitrogens is 1. The summed E-state index contributed by atoms with van der Waals surface area (Å²) in [5.41, 5.74) is 0.265. The molecule has 152 valence electrons. The van der Waals surface area contributed by atoms with Crippen molar-refractivity contribution in [2.75, 3.05) is 45.9 Å². The van der Waals surface area contributed by atoms with Crippen LogP contribution in [0.2, 0.25) is 0 Å². The van der Waals surface area contributed by atoms with Crippen LogP contribution in [0.25, 0.3) is 0 Å². The summed E-state index contributed by atoms with van der Waals surface area (Å²) in [5.74, 6) is 0.406. The molecule has 2 atom stereocenters. The van der Waals surface area contributed by atoms with Crippen LogP contribution in [0, 0.1) is 5.92 Å². The second-order valence-electron chi connectivity index (χ2n) is 7.57. The van der Waals surface area contributed by atoms with Gasteiger partial charge in [-0.25, -0.2) is 8.42 Å². The third-order valence-electron chi connectivity index (χ3n) is 5.38. The molecule has 3 heterocycles. The molecule has 2 fully saturated rings. The molecule has 2 saturated heterocycles. The van der Waals surface area contributed by atoms with E-state index in [0.29, 0.717) is 38.8 Å². The Bertz CT molecular complexity index is 742. The van der Waals surface area contributed by atoms with Crippen molar-refractivity contribution in [2.24, 2.45) is 5.92 Å². The summed E-state index contributed by atoms with van der Waals surface area (Å²) in [5, 5.41) is 2.91. The first-order chi connectivity index (χ1) is 12.9. The lowest BCUT2D eigenvalue weighted by Gasteiger charge is -2.35. The van der Waals surface area contributed by atoms with Gasteiger partial charge >= 0.3 is 0 Å². The number of morpholine rings is 1. The maximum absolute atomic E-state index is 12.6. The van der Waals surface area contributed by atoms with Crippen LogP contribution in [0.15, 0.2) is 17.2 Å². The number of sulfonamides is 1. The Hall–Kier alpha value is -1.42. The normalized spacial score (nSPS) is 23.9. The van der Waals surface area contributed by atoms with Gasteiger partial charge in [0, 0.05) is 38.4 Å². The zero-order valence-electron chi connectivity index (χ0n) is 16.1. The Morgan fingerprint density at radius 2 is 2.11 bits per heavy atom. The smallest absolute Gasteiger partial charge is 0.267 e. The number of carbonyl (C=O) groups excluding carboxylic acids is 1. The lowest BCUT2D eigenvalue weighted by Crippen LogP contribution is -2.46. The summed E-state index contributed by atoms with van der Waals surface area (Å²) in [6.07, 6.45) is 3.84. The van der Waals surface area contributed by atoms with Gasteiger partial charge in [-0.3, -0.25) is 9.69 Å². The van der Waals surface area contributed by atoms with Crippen LogP contribution in [0.4, 0.5) is 0 Å². The number of nitrogens with zero attached hydrogens (tertiary/aromatic N) is 2. The molecule has 2 N–H and O–H groups in total. The van der Waals surface area contributed by atoms with E-state index in [0.717, 1.165) is 13.1 Å². The number of aromatic amines is 1. The van der Waals surface area contributed by atoms with Gasteiger partial charge in [-0.15, -0.1) is 0 Å². The molecule has 1 amide bonds. The van der Waals surface area contributed by atoms with Gasteiger partial charge < -0.3 is 15.0 Å². The number of carbonyl (C=O) groups is 1. The Kier molecular flexibility index (Phi) is 6.56. The number of nitrogens with one attached hydrogen (secondary N) is 2. The topological polar surface area (TPSA) is 94.7 Å². The highest BCUT2D eigenvalue weighted by molar-refractivity contribution is 7.89. The predicted molar refractivity (Wildman–Crippen MR) is 102 cm³/mol. The van der Waals surface area contributed by atoms with Gasteiger partial charge in [-0.05, 0) is 38.3 Å². The van der Waals surface area contributed by atoms with E-state index in [-0.39, 0.29) is 22.5 Å². The average Bonchev–Trinajstić information content (AvgIpc) is 3.18. The van der Waals surface area contributed by atoms with E-state index in [1.165, 1.54) is 29.4 Å². The standard InChI is InChI=1S/C18H30N4O4S/c1-14-4-3-5-21(13-14)15(2)11-20-18(23)17-10-16(12-19-17)27(24,25)22-6-8-26-9-7-22/h10,12,14-15,19H,3-9,11,13H2,1-2H3,(H,20,23). The number of piperidine rings is 1. The SMILES string of the molecule is CC1CCCN(C(C)CNC(=O)c2cc(S(=O)(=O)N3CCOCC3)c[nH]2)C1. The second kappa shape index (κ2) is 8.72. The lowest BCUT2D eigenvalue weighted by atomic mass is 9.99. The summed E-state index contributed by atoms with van der Waals surface area (Å²) in [6, 6.07) is 1.66. The fourth-order valence-corrected chi connectivity index (χ4v) is 5.08. The molecule has 0 bridgehead atoms. The monoisotopic (exact) mass is 398 g/mol. The third-order valence-corrected chi connectivity index (χ3v) is 7.26. The molecule has 1 aromatic heterocycles. The largest absolute Gasteiger partial charge is 0.379 e. The van der Waals surface area contributed by atoms with Crippen LogP contribution in [-0.2, 0) is 14.8 Å². The molecule has 0 spiro atoms. The predicted octanol–water partition coefficient (Wildman–Crippen LogP) is 0.886. The minimum atomic E-state index is -3.60. The van der Waals surface area contributed by atoms with Crippen LogP contribution in [0.5, 0.6) is 0 Å². The van der Waals surface area contributed by atoms with E-state index in [4.69, 9.17) is 4.74 Å². The van der Waals surface area contributed by atoms with Gasteiger partial charge in [0.15, 0.2) is 0 Å². The van der Waals surface area contributed by atoms with Crippen molar-refractivity contribution in [3.8, 4) is 0 Å². The molecule has 2 unspecified atom stereocenters. The maximum atomic E-state index is 12.6. The van der Waals surface area contributed by atoms with Crippen molar-refractivity contribution < 1.29 is 17.9 Å². The maximum Gasteiger partial charge on any atom is 0.267 e. The van der Waals surface area contributed by atoms with Gasteiger partial charge in [0.05, 0.1) is 13.2 Å². The summed E-state index contributed by atoms with van der Waals surface area (Å²) < 4.78 is 31.9. The van der Waals surface area contributed by atoms with Crippen LogP contribution in [0.3, 0.4) is 0 Å². The van der Waals surface area contributed by atoms with Gasteiger partial charge in [0.1, 0.15) is 10.6 Å². The first-order valence-corrected chi connectivity index (χ1v) is 11.1. The molecule has 0 saturated carbocycles. The quantitative estimate of drug-likeness (QED) is 0.742. The minimum Gasteiger partial charge on any atom is -0.379 e. The number of hydrogen-bond acceptors (Lipinski definition) is 5. The number of rotatable bonds is 6. The lowest BCUT2D eigenvalue weighted by molar-refractivity contribution is 0.0730. The van der Waals surface area contributed by atoms with Crippen molar-refractivity contribution in [1.29, 1.82) is 0 Å². The van der Waals surface area contributed by atoms with Crippen LogP contribution in [-0.4, -0.2) is 80.5 Å². The summed E-state index contributed by atoms with van der Waals surface area (Å²) in [7, 11) is -3.60. The number of amides is 1. The summed E-state index contributed by atoms with van der Waals surface area (Å²) in [4.78, 5) is 17.7. The second-order valence-corrected chi connectivity index (χ2v) is 9.50. The van der Waals surface area contributed by atoms with Gasteiger partial charge in [0.25, 0.3) is 5.91 Å². The fourth-order valence-electron chi connectivity index (χ4n) is 3.68. The Labute approximate surface area is 161 Å². The van der Waals surface area contributed by atoms with Crippen LogP contribution in [0.1, 0.15) is 37.2 Å². The Balaban J connectivity index is 1.56. The first-order valence-electron chi connectivity index (χ1n) is 9.66. The highest BCUT2D eigenvalue weighted by Crippen LogP contribution is 2.19. The Morgan fingerprint density at radius 3 is 2.81 bits per heavy atom. The molecule has 0 aromatic carbocycles. The van der Waals surface area contributed by atoms with Crippen molar-refractivity contribution in [1.82, 2.24) is 19.5 Å². The van der Waals surface area contributed by atoms with E-state index >= 15 is 0 Å². The molecule has 8 nitrogen and oxygen atoms in total. The third kappa shape index (κ3) is 4.90. The molecule has 3 rings (SSSR count). The Morgan fingerprint density at radius 1 is 1.37 bits per heavy atom. The molecule has 1 aromatic rings. The molecule has 9 heteroatoms. The molecular formula is C18H30N4O4S. The zero-order chi connectivity index (χ0) is 19.4. The van der Waals surface area contributed by atoms with Gasteiger partial charge in [0.2, 0.25) is 10.0 Å². The van der Waals surface area contributed by atoms with Crippen molar-refractivity contribution >= 4 is 15.9 Å². The first kappa shape index (κ1) is 20.3. The molecular weight excluding hydrogens is 368 g/mol. The molecule has 0 aliphatic carbocycles.